The van der Waals surface area contributed by atoms with Gasteiger partial charge in [-0.05, 0) is 30.2 Å². The highest BCUT2D eigenvalue weighted by Gasteiger charge is 2.14. The first-order chi connectivity index (χ1) is 8.61. The predicted molar refractivity (Wildman–Crippen MR) is 68.0 cm³/mol. The third-order valence-corrected chi connectivity index (χ3v) is 2.82. The number of halogens is 1. The maximum Gasteiger partial charge on any atom is 0.137 e. The van der Waals surface area contributed by atoms with Gasteiger partial charge < -0.3 is 10.5 Å². The standard InChI is InChI=1S/C14H15FN2O/c1-9-3-4-12(13(15)5-9)14(16)10-6-11(18-2)8-17-7-10/h3-8,14H,16H2,1-2H3. The molecule has 0 aliphatic carbocycles. The first-order valence-electron chi connectivity index (χ1n) is 5.62. The lowest BCUT2D eigenvalue weighted by Gasteiger charge is -2.14. The van der Waals surface area contributed by atoms with Crippen molar-refractivity contribution in [3.8, 4) is 5.75 Å². The number of hydrogen-bond acceptors (Lipinski definition) is 3. The fourth-order valence-electron chi connectivity index (χ4n) is 1.78. The van der Waals surface area contributed by atoms with Crippen LogP contribution in [0.1, 0.15) is 22.7 Å². The Morgan fingerprint density at radius 2 is 2.06 bits per heavy atom. The molecule has 0 amide bonds. The van der Waals surface area contributed by atoms with Crippen LogP contribution in [0.5, 0.6) is 5.75 Å². The van der Waals surface area contributed by atoms with Crippen molar-refractivity contribution in [3.63, 3.8) is 0 Å². The molecule has 3 nitrogen and oxygen atoms in total. The SMILES string of the molecule is COc1cncc(C(N)c2ccc(C)cc2F)c1. The number of aryl methyl sites for hydroxylation is 1. The van der Waals surface area contributed by atoms with Gasteiger partial charge in [0.2, 0.25) is 0 Å². The number of pyridine rings is 1. The predicted octanol–water partition coefficient (Wildman–Crippen LogP) is 2.59. The summed E-state index contributed by atoms with van der Waals surface area (Å²) in [6.07, 6.45) is 3.20. The molecule has 0 fully saturated rings. The monoisotopic (exact) mass is 246 g/mol. The molecule has 0 spiro atoms. The summed E-state index contributed by atoms with van der Waals surface area (Å²) < 4.78 is 18.9. The van der Waals surface area contributed by atoms with Crippen LogP contribution in [0.3, 0.4) is 0 Å². The normalized spacial score (nSPS) is 12.2. The van der Waals surface area contributed by atoms with Crippen molar-refractivity contribution < 1.29 is 9.13 Å². The van der Waals surface area contributed by atoms with E-state index in [1.165, 1.54) is 6.07 Å². The molecule has 18 heavy (non-hydrogen) atoms. The molecule has 2 N–H and O–H groups in total. The minimum atomic E-state index is -0.548. The van der Waals surface area contributed by atoms with Crippen LogP contribution in [-0.4, -0.2) is 12.1 Å². The number of rotatable bonds is 3. The van der Waals surface area contributed by atoms with E-state index in [1.54, 1.807) is 31.6 Å². The third-order valence-electron chi connectivity index (χ3n) is 2.82. The van der Waals surface area contributed by atoms with Crippen LogP contribution >= 0.6 is 0 Å². The Kier molecular flexibility index (Phi) is 3.58. The molecule has 94 valence electrons. The smallest absolute Gasteiger partial charge is 0.137 e. The molecule has 2 rings (SSSR count). The summed E-state index contributed by atoms with van der Waals surface area (Å²) >= 11 is 0. The van der Waals surface area contributed by atoms with E-state index in [9.17, 15) is 4.39 Å². The molecular weight excluding hydrogens is 231 g/mol. The van der Waals surface area contributed by atoms with Crippen LogP contribution in [0.25, 0.3) is 0 Å². The number of nitrogens with two attached hydrogens (primary N) is 1. The number of methoxy groups -OCH3 is 1. The molecule has 0 aliphatic heterocycles. The number of aromatic nitrogens is 1. The Balaban J connectivity index is 2.37. The van der Waals surface area contributed by atoms with Crippen molar-refractivity contribution in [3.05, 3.63) is 59.2 Å². The van der Waals surface area contributed by atoms with Gasteiger partial charge in [0.05, 0.1) is 19.3 Å². The first-order valence-corrected chi connectivity index (χ1v) is 5.62. The van der Waals surface area contributed by atoms with E-state index in [1.807, 2.05) is 13.0 Å². The summed E-state index contributed by atoms with van der Waals surface area (Å²) in [7, 11) is 1.55. The summed E-state index contributed by atoms with van der Waals surface area (Å²) in [6, 6.07) is 6.23. The topological polar surface area (TPSA) is 48.1 Å². The molecule has 0 aliphatic rings. The average Bonchev–Trinajstić information content (AvgIpc) is 2.38. The highest BCUT2D eigenvalue weighted by atomic mass is 19.1. The Morgan fingerprint density at radius 1 is 1.28 bits per heavy atom. The van der Waals surface area contributed by atoms with Crippen LogP contribution < -0.4 is 10.5 Å². The Labute approximate surface area is 105 Å². The maximum absolute atomic E-state index is 13.8. The third kappa shape index (κ3) is 2.49. The molecule has 2 aromatic rings. The molecule has 0 saturated heterocycles. The highest BCUT2D eigenvalue weighted by molar-refractivity contribution is 5.35. The van der Waals surface area contributed by atoms with Crippen molar-refractivity contribution in [1.29, 1.82) is 0 Å². The van der Waals surface area contributed by atoms with E-state index >= 15 is 0 Å². The summed E-state index contributed by atoms with van der Waals surface area (Å²) in [6.45, 7) is 1.84. The molecule has 1 aromatic heterocycles. The molecule has 1 heterocycles. The van der Waals surface area contributed by atoms with Gasteiger partial charge in [-0.1, -0.05) is 12.1 Å². The first kappa shape index (κ1) is 12.5. The highest BCUT2D eigenvalue weighted by Crippen LogP contribution is 2.24. The van der Waals surface area contributed by atoms with Gasteiger partial charge in [-0.25, -0.2) is 4.39 Å². The van der Waals surface area contributed by atoms with Crippen molar-refractivity contribution in [2.24, 2.45) is 5.73 Å². The molecule has 1 unspecified atom stereocenters. The zero-order valence-corrected chi connectivity index (χ0v) is 10.4. The fourth-order valence-corrected chi connectivity index (χ4v) is 1.78. The number of ether oxygens (including phenoxy) is 1. The van der Waals surface area contributed by atoms with Crippen LogP contribution in [0.15, 0.2) is 36.7 Å². The van der Waals surface area contributed by atoms with Crippen molar-refractivity contribution in [2.75, 3.05) is 7.11 Å². The van der Waals surface area contributed by atoms with Crippen LogP contribution in [-0.2, 0) is 0 Å². The van der Waals surface area contributed by atoms with E-state index in [4.69, 9.17) is 10.5 Å². The second-order valence-electron chi connectivity index (χ2n) is 4.16. The van der Waals surface area contributed by atoms with Crippen LogP contribution in [0, 0.1) is 12.7 Å². The second-order valence-corrected chi connectivity index (χ2v) is 4.16. The summed E-state index contributed by atoms with van der Waals surface area (Å²) in [4.78, 5) is 4.02. The van der Waals surface area contributed by atoms with Gasteiger partial charge >= 0.3 is 0 Å². The van der Waals surface area contributed by atoms with E-state index in [2.05, 4.69) is 4.98 Å². The van der Waals surface area contributed by atoms with Crippen molar-refractivity contribution >= 4 is 0 Å². The van der Waals surface area contributed by atoms with Gasteiger partial charge in [0.15, 0.2) is 0 Å². The zero-order chi connectivity index (χ0) is 13.1. The number of hydrogen-bond donors (Lipinski definition) is 1. The quantitative estimate of drug-likeness (QED) is 0.905. The van der Waals surface area contributed by atoms with Crippen molar-refractivity contribution in [1.82, 2.24) is 4.98 Å². The van der Waals surface area contributed by atoms with Gasteiger partial charge in [-0.3, -0.25) is 4.98 Å². The summed E-state index contributed by atoms with van der Waals surface area (Å²) in [5.41, 5.74) is 8.10. The van der Waals surface area contributed by atoms with Gasteiger partial charge in [-0.2, -0.15) is 0 Å². The van der Waals surface area contributed by atoms with Gasteiger partial charge in [0, 0.05) is 11.8 Å². The number of benzene rings is 1. The molecule has 1 atom stereocenters. The zero-order valence-electron chi connectivity index (χ0n) is 10.4. The van der Waals surface area contributed by atoms with E-state index in [0.717, 1.165) is 11.1 Å². The Hall–Kier alpha value is -1.94. The Bertz CT molecular complexity index is 557. The lowest BCUT2D eigenvalue weighted by atomic mass is 9.99. The maximum atomic E-state index is 13.8. The van der Waals surface area contributed by atoms with E-state index in [-0.39, 0.29) is 5.82 Å². The second kappa shape index (κ2) is 5.14. The van der Waals surface area contributed by atoms with Gasteiger partial charge in [0.1, 0.15) is 11.6 Å². The molecule has 1 aromatic carbocycles. The number of nitrogens with zero attached hydrogens (tertiary/aromatic N) is 1. The lowest BCUT2D eigenvalue weighted by molar-refractivity contribution is 0.412. The van der Waals surface area contributed by atoms with Gasteiger partial charge in [0.25, 0.3) is 0 Å². The minimum absolute atomic E-state index is 0.301. The minimum Gasteiger partial charge on any atom is -0.495 e. The average molecular weight is 246 g/mol. The molecule has 0 bridgehead atoms. The molecule has 0 radical (unpaired) electrons. The van der Waals surface area contributed by atoms with E-state index in [0.29, 0.717) is 11.3 Å². The Morgan fingerprint density at radius 3 is 2.72 bits per heavy atom. The summed E-state index contributed by atoms with van der Waals surface area (Å²) in [5.74, 6) is 0.306. The largest absolute Gasteiger partial charge is 0.495 e. The molecular formula is C14H15FN2O. The van der Waals surface area contributed by atoms with Crippen LogP contribution in [0.4, 0.5) is 4.39 Å². The fraction of sp³-hybridized carbons (Fsp3) is 0.214. The molecule has 4 heteroatoms. The van der Waals surface area contributed by atoms with Crippen LogP contribution in [0.2, 0.25) is 0 Å². The lowest BCUT2D eigenvalue weighted by Crippen LogP contribution is -2.14. The van der Waals surface area contributed by atoms with E-state index < -0.39 is 6.04 Å². The van der Waals surface area contributed by atoms with Crippen molar-refractivity contribution in [2.45, 2.75) is 13.0 Å². The molecule has 0 saturated carbocycles. The summed E-state index contributed by atoms with van der Waals surface area (Å²) in [5, 5.41) is 0. The van der Waals surface area contributed by atoms with Gasteiger partial charge in [-0.15, -0.1) is 0 Å².